The number of ether oxygens (including phenoxy) is 1. The molecule has 1 aromatic carbocycles. The van der Waals surface area contributed by atoms with Gasteiger partial charge in [0.1, 0.15) is 6.33 Å². The molecule has 0 aliphatic rings. The number of aryl methyl sites for hydroxylation is 1. The number of rotatable bonds is 3. The fourth-order valence-corrected chi connectivity index (χ4v) is 2.78. The lowest BCUT2D eigenvalue weighted by molar-refractivity contribution is -0.140. The van der Waals surface area contributed by atoms with Gasteiger partial charge in [0.2, 0.25) is 11.2 Å². The number of halogens is 5. The van der Waals surface area contributed by atoms with Crippen molar-refractivity contribution in [3.05, 3.63) is 59.1 Å². The van der Waals surface area contributed by atoms with Crippen LogP contribution in [0.4, 0.5) is 17.6 Å². The molecule has 0 unspecified atom stereocenters. The molecule has 4 aromatic rings. The average molecular weight is 425 g/mol. The molecule has 29 heavy (non-hydrogen) atoms. The topological polar surface area (TPSA) is 78.1 Å². The molecular formula is C17H9ClF4N6O. The Morgan fingerprint density at radius 3 is 2.52 bits per heavy atom. The van der Waals surface area contributed by atoms with Crippen LogP contribution >= 0.6 is 11.6 Å². The van der Waals surface area contributed by atoms with Crippen molar-refractivity contribution in [1.29, 1.82) is 0 Å². The average Bonchev–Trinajstić information content (AvgIpc) is 3.03. The number of hydrogen-bond acceptors (Lipinski definition) is 6. The standard InChI is InChI=1S/C17H9ClF4N6O/c1-8-4-12-25-26-16(18)28(12)27-15(8)29-14-10(9-5-23-7-24-6-9)2-3-11(13(14)19)17(20,21)22/h2-7H,1H3. The van der Waals surface area contributed by atoms with Crippen molar-refractivity contribution >= 4 is 17.2 Å². The monoisotopic (exact) mass is 424 g/mol. The zero-order chi connectivity index (χ0) is 20.8. The van der Waals surface area contributed by atoms with Gasteiger partial charge in [0.05, 0.1) is 5.56 Å². The van der Waals surface area contributed by atoms with E-state index in [9.17, 15) is 17.6 Å². The maximum Gasteiger partial charge on any atom is 0.419 e. The highest BCUT2D eigenvalue weighted by molar-refractivity contribution is 6.28. The first-order valence-corrected chi connectivity index (χ1v) is 8.35. The van der Waals surface area contributed by atoms with Crippen molar-refractivity contribution in [2.75, 3.05) is 0 Å². The predicted molar refractivity (Wildman–Crippen MR) is 93.0 cm³/mol. The van der Waals surface area contributed by atoms with Gasteiger partial charge in [-0.05, 0) is 36.7 Å². The van der Waals surface area contributed by atoms with Gasteiger partial charge in [-0.15, -0.1) is 15.3 Å². The highest BCUT2D eigenvalue weighted by Gasteiger charge is 2.36. The van der Waals surface area contributed by atoms with Gasteiger partial charge in [-0.25, -0.2) is 14.4 Å². The van der Waals surface area contributed by atoms with Crippen LogP contribution in [0.1, 0.15) is 11.1 Å². The van der Waals surface area contributed by atoms with Crippen molar-refractivity contribution in [1.82, 2.24) is 29.8 Å². The van der Waals surface area contributed by atoms with E-state index in [1.54, 1.807) is 6.92 Å². The summed E-state index contributed by atoms with van der Waals surface area (Å²) in [5, 5.41) is 11.4. The Hall–Kier alpha value is -3.34. The van der Waals surface area contributed by atoms with Gasteiger partial charge in [-0.3, -0.25) is 0 Å². The second kappa shape index (κ2) is 6.92. The molecule has 0 spiro atoms. The van der Waals surface area contributed by atoms with Crippen LogP contribution in [0, 0.1) is 12.7 Å². The normalized spacial score (nSPS) is 11.8. The van der Waals surface area contributed by atoms with Crippen LogP contribution in [0.15, 0.2) is 36.9 Å². The van der Waals surface area contributed by atoms with Crippen molar-refractivity contribution in [3.63, 3.8) is 0 Å². The van der Waals surface area contributed by atoms with Crippen LogP contribution in [0.3, 0.4) is 0 Å². The third-order valence-corrected chi connectivity index (χ3v) is 4.21. The Morgan fingerprint density at radius 1 is 1.10 bits per heavy atom. The molecule has 0 bridgehead atoms. The van der Waals surface area contributed by atoms with Gasteiger partial charge in [-0.1, -0.05) is 0 Å². The van der Waals surface area contributed by atoms with E-state index in [1.165, 1.54) is 24.8 Å². The minimum Gasteiger partial charge on any atom is -0.434 e. The predicted octanol–water partition coefficient (Wildman–Crippen LogP) is 4.49. The smallest absolute Gasteiger partial charge is 0.419 e. The van der Waals surface area contributed by atoms with E-state index < -0.39 is 23.3 Å². The van der Waals surface area contributed by atoms with E-state index in [4.69, 9.17) is 16.3 Å². The highest BCUT2D eigenvalue weighted by Crippen LogP contribution is 2.42. The first kappa shape index (κ1) is 19.0. The molecule has 3 heterocycles. The van der Waals surface area contributed by atoms with Crippen LogP contribution < -0.4 is 4.74 Å². The lowest BCUT2D eigenvalue weighted by Gasteiger charge is -2.16. The quantitative estimate of drug-likeness (QED) is 0.451. The van der Waals surface area contributed by atoms with Crippen molar-refractivity contribution in [2.24, 2.45) is 0 Å². The highest BCUT2D eigenvalue weighted by atomic mass is 35.5. The molecule has 4 rings (SSSR count). The van der Waals surface area contributed by atoms with Gasteiger partial charge in [0, 0.05) is 29.1 Å². The maximum atomic E-state index is 14.9. The molecular weight excluding hydrogens is 416 g/mol. The van der Waals surface area contributed by atoms with Crippen molar-refractivity contribution < 1.29 is 22.3 Å². The van der Waals surface area contributed by atoms with Crippen LogP contribution in [-0.4, -0.2) is 29.8 Å². The van der Waals surface area contributed by atoms with Crippen LogP contribution in [-0.2, 0) is 6.18 Å². The molecule has 3 aromatic heterocycles. The summed E-state index contributed by atoms with van der Waals surface area (Å²) in [5.74, 6) is -2.43. The van der Waals surface area contributed by atoms with Gasteiger partial charge in [-0.2, -0.15) is 17.7 Å². The van der Waals surface area contributed by atoms with E-state index in [1.807, 2.05) is 0 Å². The Kier molecular flexibility index (Phi) is 4.53. The number of benzene rings is 1. The summed E-state index contributed by atoms with van der Waals surface area (Å²) in [5.41, 5.74) is -0.521. The molecule has 0 fully saturated rings. The van der Waals surface area contributed by atoms with Crippen LogP contribution in [0.2, 0.25) is 5.28 Å². The molecule has 12 heteroatoms. The third-order valence-electron chi connectivity index (χ3n) is 3.97. The summed E-state index contributed by atoms with van der Waals surface area (Å²) in [4.78, 5) is 7.62. The first-order chi connectivity index (χ1) is 13.8. The minimum atomic E-state index is -4.92. The molecule has 148 valence electrons. The second-order valence-electron chi connectivity index (χ2n) is 5.90. The van der Waals surface area contributed by atoms with E-state index in [0.29, 0.717) is 17.3 Å². The summed E-state index contributed by atoms with van der Waals surface area (Å²) < 4.78 is 61.2. The zero-order valence-electron chi connectivity index (χ0n) is 14.4. The number of alkyl halides is 3. The maximum absolute atomic E-state index is 14.9. The molecule has 0 aliphatic heterocycles. The van der Waals surface area contributed by atoms with Gasteiger partial charge in [0.25, 0.3) is 0 Å². The Bertz CT molecular complexity index is 1210. The largest absolute Gasteiger partial charge is 0.434 e. The van der Waals surface area contributed by atoms with E-state index in [2.05, 4.69) is 25.3 Å². The third kappa shape index (κ3) is 3.44. The van der Waals surface area contributed by atoms with Gasteiger partial charge >= 0.3 is 6.18 Å². The van der Waals surface area contributed by atoms with Gasteiger partial charge < -0.3 is 4.74 Å². The fraction of sp³-hybridized carbons (Fsp3) is 0.118. The Labute approximate surface area is 165 Å². The molecule has 0 aliphatic carbocycles. The Morgan fingerprint density at radius 2 is 1.83 bits per heavy atom. The number of nitrogens with zero attached hydrogens (tertiary/aromatic N) is 6. The second-order valence-corrected chi connectivity index (χ2v) is 6.24. The summed E-state index contributed by atoms with van der Waals surface area (Å²) >= 11 is 5.88. The molecule has 0 saturated heterocycles. The fourth-order valence-electron chi connectivity index (χ4n) is 2.62. The number of fused-ring (bicyclic) bond motifs is 1. The number of hydrogen-bond donors (Lipinski definition) is 0. The summed E-state index contributed by atoms with van der Waals surface area (Å²) in [7, 11) is 0. The van der Waals surface area contributed by atoms with E-state index in [-0.39, 0.29) is 22.3 Å². The van der Waals surface area contributed by atoms with E-state index in [0.717, 1.165) is 10.6 Å². The van der Waals surface area contributed by atoms with Crippen LogP contribution in [0.25, 0.3) is 16.8 Å². The lowest BCUT2D eigenvalue weighted by atomic mass is 10.0. The Balaban J connectivity index is 1.91. The SMILES string of the molecule is Cc1cc2nnc(Cl)n2nc1Oc1c(-c2cncnc2)ccc(C(F)(F)F)c1F. The minimum absolute atomic E-state index is 0.0206. The first-order valence-electron chi connectivity index (χ1n) is 7.97. The van der Waals surface area contributed by atoms with Crippen LogP contribution in [0.5, 0.6) is 11.6 Å². The summed E-state index contributed by atoms with van der Waals surface area (Å²) in [6, 6.07) is 3.21. The molecule has 0 amide bonds. The zero-order valence-corrected chi connectivity index (χ0v) is 15.2. The molecule has 0 saturated carbocycles. The molecule has 0 radical (unpaired) electrons. The lowest BCUT2D eigenvalue weighted by Crippen LogP contribution is -2.10. The van der Waals surface area contributed by atoms with Crippen molar-refractivity contribution in [3.8, 4) is 22.8 Å². The molecule has 0 N–H and O–H groups in total. The van der Waals surface area contributed by atoms with Crippen molar-refractivity contribution in [2.45, 2.75) is 13.1 Å². The summed E-state index contributed by atoms with van der Waals surface area (Å²) in [6.45, 7) is 1.57. The molecule has 0 atom stereocenters. The van der Waals surface area contributed by atoms with Gasteiger partial charge in [0.15, 0.2) is 17.2 Å². The number of aromatic nitrogens is 6. The molecule has 7 nitrogen and oxygen atoms in total. The summed E-state index contributed by atoms with van der Waals surface area (Å²) in [6.07, 6.45) is -1.04. The van der Waals surface area contributed by atoms with E-state index >= 15 is 0 Å².